The third-order valence-corrected chi connectivity index (χ3v) is 5.90. The molecule has 1 aromatic carbocycles. The van der Waals surface area contributed by atoms with Gasteiger partial charge < -0.3 is 15.5 Å². The second kappa shape index (κ2) is 6.05. The van der Waals surface area contributed by atoms with Crippen LogP contribution in [0.3, 0.4) is 0 Å². The van der Waals surface area contributed by atoms with Gasteiger partial charge in [0.05, 0.1) is 11.6 Å². The number of carbonyl (C=O) groups is 2. The molecule has 4 unspecified atom stereocenters. The lowest BCUT2D eigenvalue weighted by atomic mass is 9.98. The Balaban J connectivity index is 1.46. The lowest BCUT2D eigenvalue weighted by molar-refractivity contribution is -0.135. The minimum absolute atomic E-state index is 0.0296. The Kier molecular flexibility index (Phi) is 3.98. The standard InChI is InChI=1S/C18H21F2N3O2/c19-12-2-4-16(14(20)6-12)23-8-11(5-17(23)24)18(25)22-7-10-1-3-15(21)13(10)9-22/h2,4,6,10-11,13,15H,1,3,5,7-9,21H2. The Morgan fingerprint density at radius 2 is 1.96 bits per heavy atom. The van der Waals surface area contributed by atoms with E-state index in [-0.39, 0.29) is 36.5 Å². The van der Waals surface area contributed by atoms with E-state index in [1.807, 2.05) is 4.90 Å². The van der Waals surface area contributed by atoms with Crippen molar-refractivity contribution in [3.05, 3.63) is 29.8 Å². The summed E-state index contributed by atoms with van der Waals surface area (Å²) in [4.78, 5) is 28.1. The Hall–Kier alpha value is -2.02. The average molecular weight is 349 g/mol. The minimum atomic E-state index is -0.789. The van der Waals surface area contributed by atoms with Gasteiger partial charge in [-0.1, -0.05) is 0 Å². The summed E-state index contributed by atoms with van der Waals surface area (Å²) >= 11 is 0. The molecule has 0 radical (unpaired) electrons. The number of anilines is 1. The Morgan fingerprint density at radius 3 is 2.68 bits per heavy atom. The van der Waals surface area contributed by atoms with E-state index in [0.717, 1.165) is 25.0 Å². The first kappa shape index (κ1) is 16.4. The second-order valence-electron chi connectivity index (χ2n) is 7.41. The van der Waals surface area contributed by atoms with Crippen molar-refractivity contribution in [2.45, 2.75) is 25.3 Å². The molecule has 2 aliphatic heterocycles. The lowest BCUT2D eigenvalue weighted by Gasteiger charge is -2.22. The van der Waals surface area contributed by atoms with E-state index in [9.17, 15) is 18.4 Å². The zero-order valence-corrected chi connectivity index (χ0v) is 13.8. The second-order valence-corrected chi connectivity index (χ2v) is 7.41. The summed E-state index contributed by atoms with van der Waals surface area (Å²) in [5, 5.41) is 0. The van der Waals surface area contributed by atoms with Gasteiger partial charge in [0.25, 0.3) is 0 Å². The third-order valence-electron chi connectivity index (χ3n) is 5.90. The Bertz CT molecular complexity index is 726. The molecular formula is C18H21F2N3O2. The van der Waals surface area contributed by atoms with Crippen LogP contribution in [0.4, 0.5) is 14.5 Å². The number of nitrogens with zero attached hydrogens (tertiary/aromatic N) is 2. The molecule has 3 aliphatic rings. The summed E-state index contributed by atoms with van der Waals surface area (Å²) in [7, 11) is 0. The molecule has 4 atom stereocenters. The highest BCUT2D eigenvalue weighted by Gasteiger charge is 2.45. The van der Waals surface area contributed by atoms with Gasteiger partial charge in [0, 0.05) is 38.2 Å². The van der Waals surface area contributed by atoms with Crippen molar-refractivity contribution in [3.8, 4) is 0 Å². The molecule has 134 valence electrons. The number of halogens is 2. The SMILES string of the molecule is NC1CCC2CN(C(=O)C3CC(=O)N(c4ccc(F)cc4F)C3)CC12. The highest BCUT2D eigenvalue weighted by molar-refractivity contribution is 6.00. The average Bonchev–Trinajstić information content (AvgIpc) is 3.24. The van der Waals surface area contributed by atoms with E-state index in [1.165, 1.54) is 11.0 Å². The van der Waals surface area contributed by atoms with E-state index in [4.69, 9.17) is 5.73 Å². The van der Waals surface area contributed by atoms with Crippen molar-refractivity contribution in [1.82, 2.24) is 4.90 Å². The van der Waals surface area contributed by atoms with Gasteiger partial charge in [-0.25, -0.2) is 8.78 Å². The van der Waals surface area contributed by atoms with Crippen LogP contribution in [0.5, 0.6) is 0 Å². The van der Waals surface area contributed by atoms with Gasteiger partial charge in [0.15, 0.2) is 0 Å². The van der Waals surface area contributed by atoms with Crippen LogP contribution >= 0.6 is 0 Å². The van der Waals surface area contributed by atoms with Gasteiger partial charge in [-0.2, -0.15) is 0 Å². The number of fused-ring (bicyclic) bond motifs is 1. The normalized spacial score (nSPS) is 31.7. The quantitative estimate of drug-likeness (QED) is 0.880. The van der Waals surface area contributed by atoms with E-state index in [0.29, 0.717) is 24.9 Å². The van der Waals surface area contributed by atoms with Crippen molar-refractivity contribution in [2.24, 2.45) is 23.5 Å². The predicted octanol–water partition coefficient (Wildman–Crippen LogP) is 1.51. The smallest absolute Gasteiger partial charge is 0.228 e. The molecule has 3 fully saturated rings. The van der Waals surface area contributed by atoms with Crippen molar-refractivity contribution in [3.63, 3.8) is 0 Å². The van der Waals surface area contributed by atoms with Crippen LogP contribution in [-0.2, 0) is 9.59 Å². The van der Waals surface area contributed by atoms with Crippen LogP contribution < -0.4 is 10.6 Å². The zero-order valence-electron chi connectivity index (χ0n) is 13.8. The molecule has 25 heavy (non-hydrogen) atoms. The van der Waals surface area contributed by atoms with Gasteiger partial charge >= 0.3 is 0 Å². The molecule has 0 aromatic heterocycles. The fourth-order valence-electron chi connectivity index (χ4n) is 4.55. The van der Waals surface area contributed by atoms with Crippen LogP contribution in [0.2, 0.25) is 0 Å². The topological polar surface area (TPSA) is 66.6 Å². The summed E-state index contributed by atoms with van der Waals surface area (Å²) in [6.45, 7) is 1.49. The van der Waals surface area contributed by atoms with Crippen molar-refractivity contribution in [1.29, 1.82) is 0 Å². The first-order chi connectivity index (χ1) is 11.9. The van der Waals surface area contributed by atoms with Crippen LogP contribution in [0.1, 0.15) is 19.3 Å². The molecule has 2 saturated heterocycles. The first-order valence-corrected chi connectivity index (χ1v) is 8.74. The van der Waals surface area contributed by atoms with Gasteiger partial charge in [0.1, 0.15) is 11.6 Å². The molecule has 1 saturated carbocycles. The first-order valence-electron chi connectivity index (χ1n) is 8.74. The van der Waals surface area contributed by atoms with E-state index >= 15 is 0 Å². The maximum atomic E-state index is 14.0. The van der Waals surface area contributed by atoms with Crippen LogP contribution in [0.15, 0.2) is 18.2 Å². The van der Waals surface area contributed by atoms with Gasteiger partial charge in [-0.15, -0.1) is 0 Å². The summed E-state index contributed by atoms with van der Waals surface area (Å²) in [5.74, 6) is -1.51. The van der Waals surface area contributed by atoms with Gasteiger partial charge in [-0.3, -0.25) is 9.59 Å². The van der Waals surface area contributed by atoms with Gasteiger partial charge in [-0.05, 0) is 36.8 Å². The number of hydrogen-bond acceptors (Lipinski definition) is 3. The number of nitrogens with two attached hydrogens (primary N) is 1. The highest BCUT2D eigenvalue weighted by Crippen LogP contribution is 2.38. The summed E-state index contributed by atoms with van der Waals surface area (Å²) in [5.41, 5.74) is 6.14. The molecule has 5 nitrogen and oxygen atoms in total. The van der Waals surface area contributed by atoms with Crippen LogP contribution in [0, 0.1) is 29.4 Å². The molecule has 1 aromatic rings. The zero-order chi connectivity index (χ0) is 17.7. The van der Waals surface area contributed by atoms with Crippen LogP contribution in [0.25, 0.3) is 0 Å². The number of amides is 2. The van der Waals surface area contributed by atoms with Crippen molar-refractivity contribution >= 4 is 17.5 Å². The summed E-state index contributed by atoms with van der Waals surface area (Å²) in [6, 6.07) is 3.26. The number of rotatable bonds is 2. The van der Waals surface area contributed by atoms with E-state index in [1.54, 1.807) is 0 Å². The Labute approximate surface area is 144 Å². The van der Waals surface area contributed by atoms with Crippen molar-refractivity contribution < 1.29 is 18.4 Å². The molecule has 4 rings (SSSR count). The fraction of sp³-hybridized carbons (Fsp3) is 0.556. The largest absolute Gasteiger partial charge is 0.342 e. The third kappa shape index (κ3) is 2.80. The fourth-order valence-corrected chi connectivity index (χ4v) is 4.55. The molecular weight excluding hydrogens is 328 g/mol. The predicted molar refractivity (Wildman–Crippen MR) is 87.6 cm³/mol. The highest BCUT2D eigenvalue weighted by atomic mass is 19.1. The number of carbonyl (C=O) groups excluding carboxylic acids is 2. The lowest BCUT2D eigenvalue weighted by Crippen LogP contribution is -2.38. The maximum absolute atomic E-state index is 14.0. The molecule has 0 bridgehead atoms. The van der Waals surface area contributed by atoms with E-state index in [2.05, 4.69) is 0 Å². The molecule has 0 spiro atoms. The van der Waals surface area contributed by atoms with Gasteiger partial charge in [0.2, 0.25) is 11.8 Å². The van der Waals surface area contributed by atoms with Crippen molar-refractivity contribution in [2.75, 3.05) is 24.5 Å². The molecule has 2 N–H and O–H groups in total. The number of hydrogen-bond donors (Lipinski definition) is 1. The molecule has 2 amide bonds. The summed E-state index contributed by atoms with van der Waals surface area (Å²) in [6.07, 6.45) is 2.12. The van der Waals surface area contributed by atoms with E-state index < -0.39 is 17.6 Å². The maximum Gasteiger partial charge on any atom is 0.228 e. The van der Waals surface area contributed by atoms with Crippen LogP contribution in [-0.4, -0.2) is 42.4 Å². The monoisotopic (exact) mass is 349 g/mol. The number of benzene rings is 1. The Morgan fingerprint density at radius 1 is 1.16 bits per heavy atom. The minimum Gasteiger partial charge on any atom is -0.342 e. The molecule has 1 aliphatic carbocycles. The molecule has 2 heterocycles. The molecule has 7 heteroatoms. The summed E-state index contributed by atoms with van der Waals surface area (Å²) < 4.78 is 27.0. The number of likely N-dealkylation sites (tertiary alicyclic amines) is 1.